The van der Waals surface area contributed by atoms with E-state index >= 15 is 0 Å². The maximum Gasteiger partial charge on any atom is 0.672 e. The lowest BCUT2D eigenvalue weighted by molar-refractivity contribution is -0.177. The quantitative estimate of drug-likeness (QED) is 0.294. The highest BCUT2D eigenvalue weighted by Gasteiger charge is 2.66. The average molecular weight is 507 g/mol. The smallest absolute Gasteiger partial charge is 0.465 e. The zero-order valence-electron chi connectivity index (χ0n) is 21.4. The fraction of sp³-hybridized carbons (Fsp3) is 0.250. The Morgan fingerprint density at radius 1 is 0.486 bits per heavy atom. The van der Waals surface area contributed by atoms with Crippen LogP contribution >= 0.6 is 0 Å². The summed E-state index contributed by atoms with van der Waals surface area (Å²) in [6.07, 6.45) is -0.990. The van der Waals surface area contributed by atoms with E-state index in [-0.39, 0.29) is 0 Å². The monoisotopic (exact) mass is 506 g/mol. The Bertz CT molecular complexity index is 1150. The van der Waals surface area contributed by atoms with Crippen LogP contribution in [0.25, 0.3) is 0 Å². The van der Waals surface area contributed by atoms with E-state index in [1.165, 1.54) is 0 Å². The summed E-state index contributed by atoms with van der Waals surface area (Å²) >= 11 is -2.33. The Morgan fingerprint density at radius 2 is 0.757 bits per heavy atom. The third kappa shape index (κ3) is 4.08. The maximum absolute atomic E-state index is 7.19. The second-order valence-electron chi connectivity index (χ2n) is 10.2. The molecule has 0 aliphatic carbocycles. The summed E-state index contributed by atoms with van der Waals surface area (Å²) in [4.78, 5) is 0. The van der Waals surface area contributed by atoms with E-state index in [2.05, 4.69) is 103 Å². The molecule has 4 aromatic rings. The Morgan fingerprint density at radius 3 is 1.03 bits per heavy atom. The van der Waals surface area contributed by atoms with Gasteiger partial charge in [0.2, 0.25) is 0 Å². The highest BCUT2D eigenvalue weighted by Crippen LogP contribution is 2.55. The maximum atomic E-state index is 7.19. The first kappa shape index (κ1) is 24.6. The van der Waals surface area contributed by atoms with E-state index in [0.717, 1.165) is 22.3 Å². The molecule has 5 heteroatoms. The molecule has 37 heavy (non-hydrogen) atoms. The van der Waals surface area contributed by atoms with Crippen LogP contribution < -0.4 is 0 Å². The van der Waals surface area contributed by atoms with Gasteiger partial charge >= 0.3 is 14.8 Å². The molecule has 0 N–H and O–H groups in total. The molecule has 0 unspecified atom stereocenters. The molecule has 0 saturated carbocycles. The summed E-state index contributed by atoms with van der Waals surface area (Å²) in [7, 11) is 0. The molecule has 2 aliphatic rings. The Kier molecular flexibility index (Phi) is 6.33. The van der Waals surface area contributed by atoms with Crippen LogP contribution in [-0.2, 0) is 28.3 Å². The third-order valence-corrected chi connectivity index (χ3v) is 8.82. The third-order valence-electron chi connectivity index (χ3n) is 7.41. The zero-order valence-corrected chi connectivity index (χ0v) is 22.6. The molecular formula is C32H31AlO4. The van der Waals surface area contributed by atoms with Crippen molar-refractivity contribution in [1.82, 2.24) is 0 Å². The largest absolute Gasteiger partial charge is 0.672 e. The van der Waals surface area contributed by atoms with Gasteiger partial charge in [0.25, 0.3) is 0 Å². The molecule has 0 spiro atoms. The van der Waals surface area contributed by atoms with Gasteiger partial charge in [-0.2, -0.15) is 0 Å². The Labute approximate surface area is 223 Å². The summed E-state index contributed by atoms with van der Waals surface area (Å²) in [6, 6.07) is 41.5. The summed E-state index contributed by atoms with van der Waals surface area (Å²) in [6.45, 7) is 3.95. The van der Waals surface area contributed by atoms with Crippen LogP contribution in [0.15, 0.2) is 121 Å². The van der Waals surface area contributed by atoms with Gasteiger partial charge < -0.3 is 17.1 Å². The summed E-state index contributed by atoms with van der Waals surface area (Å²) in [5.74, 6) is 1.25. The molecule has 6 rings (SSSR count). The highest BCUT2D eigenvalue weighted by molar-refractivity contribution is 6.43. The molecule has 4 nitrogen and oxygen atoms in total. The molecule has 186 valence electrons. The van der Waals surface area contributed by atoms with E-state index in [9.17, 15) is 0 Å². The van der Waals surface area contributed by atoms with Crippen molar-refractivity contribution in [1.29, 1.82) is 0 Å². The lowest BCUT2D eigenvalue weighted by atomic mass is 9.72. The topological polar surface area (TPSA) is 36.9 Å². The molecule has 0 radical (unpaired) electrons. The normalized spacial score (nSPS) is 23.7. The van der Waals surface area contributed by atoms with Crippen molar-refractivity contribution in [2.45, 2.75) is 48.8 Å². The predicted molar refractivity (Wildman–Crippen MR) is 145 cm³/mol. The fourth-order valence-electron chi connectivity index (χ4n) is 6.04. The fourth-order valence-corrected chi connectivity index (χ4v) is 7.95. The van der Waals surface area contributed by atoms with Crippen LogP contribution in [0, 0.1) is 0 Å². The molecule has 2 heterocycles. The van der Waals surface area contributed by atoms with Gasteiger partial charge in [0.15, 0.2) is 5.79 Å². The highest BCUT2D eigenvalue weighted by atomic mass is 27.2. The zero-order chi connectivity index (χ0) is 25.5. The van der Waals surface area contributed by atoms with Crippen LogP contribution in [0.2, 0.25) is 5.79 Å². The molecule has 2 fully saturated rings. The van der Waals surface area contributed by atoms with Crippen molar-refractivity contribution >= 4 is 14.8 Å². The number of rotatable bonds is 4. The van der Waals surface area contributed by atoms with Gasteiger partial charge in [-0.25, -0.2) is 0 Å². The number of hydrogen-bond acceptors (Lipinski definition) is 4. The molecule has 4 aromatic carbocycles. The van der Waals surface area contributed by atoms with Crippen molar-refractivity contribution in [2.24, 2.45) is 0 Å². The van der Waals surface area contributed by atoms with Gasteiger partial charge in [-0.1, -0.05) is 127 Å². The molecule has 2 atom stereocenters. The Hall–Kier alpha value is -2.75. The second-order valence-corrected chi connectivity index (χ2v) is 11.8. The van der Waals surface area contributed by atoms with Crippen molar-refractivity contribution in [3.8, 4) is 0 Å². The second kappa shape index (κ2) is 9.53. The summed E-state index contributed by atoms with van der Waals surface area (Å²) < 4.78 is 28.2. The number of benzene rings is 4. The average Bonchev–Trinajstić information content (AvgIpc) is 3.23. The van der Waals surface area contributed by atoms with Crippen LogP contribution in [-0.4, -0.2) is 32.8 Å². The van der Waals surface area contributed by atoms with Crippen molar-refractivity contribution in [3.63, 3.8) is 0 Å². The van der Waals surface area contributed by atoms with Gasteiger partial charge in [-0.05, 0) is 36.1 Å². The lowest BCUT2D eigenvalue weighted by Crippen LogP contribution is -2.53. The molecule has 0 bridgehead atoms. The number of ether oxygens (including phenoxy) is 2. The standard InChI is InChI=1S/C31H28O4.CH3.Al/c1-29(2)34-27(30(32,23-15-7-3-8-16-23)24-17-9-4-10-18-24)28(35-29)31(33,25-19-11-5-12-20-25)26-21-13-6-14-22-26;;/h3-22,27-28H,1-2H3;1H3;/q-2;;+2/t27-,28-;;/m1../s1. The first-order chi connectivity index (χ1) is 18.0. The predicted octanol–water partition coefficient (Wildman–Crippen LogP) is 6.56. The Balaban J connectivity index is 1.68. The van der Waals surface area contributed by atoms with Gasteiger partial charge in [-0.15, -0.1) is 0 Å². The van der Waals surface area contributed by atoms with Crippen LogP contribution in [0.3, 0.4) is 0 Å². The van der Waals surface area contributed by atoms with Gasteiger partial charge in [0.1, 0.15) is 23.4 Å². The first-order valence-electron chi connectivity index (χ1n) is 12.9. The summed E-state index contributed by atoms with van der Waals surface area (Å²) in [5, 5.41) is 0. The van der Waals surface area contributed by atoms with E-state index in [1.807, 2.05) is 38.1 Å². The first-order valence-corrected chi connectivity index (χ1v) is 15.0. The van der Waals surface area contributed by atoms with E-state index < -0.39 is 44.0 Å². The summed E-state index contributed by atoms with van der Waals surface area (Å²) in [5.41, 5.74) is 2.26. The molecule has 0 amide bonds. The minimum Gasteiger partial charge on any atom is -0.465 e. The molecule has 2 saturated heterocycles. The van der Waals surface area contributed by atoms with Crippen molar-refractivity contribution < 1.29 is 17.1 Å². The van der Waals surface area contributed by atoms with Gasteiger partial charge in [0.05, 0.1) is 0 Å². The van der Waals surface area contributed by atoms with E-state index in [1.54, 1.807) is 0 Å². The van der Waals surface area contributed by atoms with E-state index in [0.29, 0.717) is 0 Å². The SMILES string of the molecule is [CH3][Al]1[O]C(c2ccccc2)(c2ccccc2)[C@@H]2OC(C)(C)O[C@H]2C(c2ccccc2)(c2ccccc2)[O]1. The van der Waals surface area contributed by atoms with Crippen molar-refractivity contribution in [3.05, 3.63) is 144 Å². The van der Waals surface area contributed by atoms with Crippen molar-refractivity contribution in [2.75, 3.05) is 0 Å². The minimum absolute atomic E-state index is 0.495. The van der Waals surface area contributed by atoms with Gasteiger partial charge in [-0.3, -0.25) is 0 Å². The van der Waals surface area contributed by atoms with Crippen LogP contribution in [0.1, 0.15) is 36.1 Å². The molecule has 0 aromatic heterocycles. The minimum atomic E-state index is -2.33. The lowest BCUT2D eigenvalue weighted by Gasteiger charge is -2.44. The van der Waals surface area contributed by atoms with Gasteiger partial charge in [0, 0.05) is 0 Å². The number of fused-ring (bicyclic) bond motifs is 1. The molecule has 2 aliphatic heterocycles. The van der Waals surface area contributed by atoms with E-state index in [4.69, 9.17) is 17.1 Å². The molecular weight excluding hydrogens is 475 g/mol. The number of hydrogen-bond donors (Lipinski definition) is 0. The van der Waals surface area contributed by atoms with Crippen LogP contribution in [0.5, 0.6) is 0 Å². The van der Waals surface area contributed by atoms with Crippen LogP contribution in [0.4, 0.5) is 0 Å².